The zero-order valence-corrected chi connectivity index (χ0v) is 16.6. The molecule has 2 aliphatic rings. The minimum absolute atomic E-state index is 0.0707. The van der Waals surface area contributed by atoms with Crippen LogP contribution < -0.4 is 4.74 Å². The molecule has 144 valence electrons. The lowest BCUT2D eigenvalue weighted by atomic mass is 10.1. The Hall–Kier alpha value is -3.23. The smallest absolute Gasteiger partial charge is 0.308 e. The number of esters is 1. The van der Waals surface area contributed by atoms with Crippen molar-refractivity contribution in [2.75, 3.05) is 0 Å². The summed E-state index contributed by atoms with van der Waals surface area (Å²) in [6, 6.07) is 13.8. The fraction of sp³-hybridized carbons (Fsp3) is 0.0500. The summed E-state index contributed by atoms with van der Waals surface area (Å²) in [7, 11) is 0. The Morgan fingerprint density at radius 2 is 1.93 bits per heavy atom. The molecule has 0 aliphatic carbocycles. The number of halogens is 1. The minimum atomic E-state index is -0.520. The van der Waals surface area contributed by atoms with Crippen LogP contribution in [0.25, 0.3) is 6.08 Å². The molecule has 0 spiro atoms. The second-order valence-electron chi connectivity index (χ2n) is 6.07. The van der Waals surface area contributed by atoms with Gasteiger partial charge in [-0.2, -0.15) is 15.1 Å². The van der Waals surface area contributed by atoms with Gasteiger partial charge in [0.1, 0.15) is 10.8 Å². The maximum Gasteiger partial charge on any atom is 0.308 e. The van der Waals surface area contributed by atoms with E-state index in [-0.39, 0.29) is 11.4 Å². The van der Waals surface area contributed by atoms with E-state index in [0.717, 1.165) is 0 Å². The van der Waals surface area contributed by atoms with E-state index in [1.54, 1.807) is 36.4 Å². The molecule has 0 unspecified atom stereocenters. The van der Waals surface area contributed by atoms with Crippen molar-refractivity contribution in [1.29, 1.82) is 5.41 Å². The summed E-state index contributed by atoms with van der Waals surface area (Å²) in [5.74, 6) is -0.608. The quantitative estimate of drug-likeness (QED) is 0.457. The zero-order valence-electron chi connectivity index (χ0n) is 15.0. The number of thioether (sulfide) groups is 1. The van der Waals surface area contributed by atoms with E-state index in [1.165, 1.54) is 23.7 Å². The molecule has 2 aromatic carbocycles. The Balaban J connectivity index is 1.63. The number of benzene rings is 2. The van der Waals surface area contributed by atoms with Crippen LogP contribution in [0.2, 0.25) is 5.02 Å². The van der Waals surface area contributed by atoms with Crippen molar-refractivity contribution in [2.45, 2.75) is 6.92 Å². The molecule has 2 heterocycles. The second kappa shape index (κ2) is 7.65. The van der Waals surface area contributed by atoms with Gasteiger partial charge in [-0.1, -0.05) is 41.9 Å². The van der Waals surface area contributed by atoms with E-state index in [9.17, 15) is 9.59 Å². The van der Waals surface area contributed by atoms with Crippen molar-refractivity contribution in [3.8, 4) is 5.75 Å². The highest BCUT2D eigenvalue weighted by Gasteiger charge is 2.36. The number of amides is 1. The first kappa shape index (κ1) is 19.1. The number of carbonyl (C=O) groups excluding carboxylic acids is 2. The summed E-state index contributed by atoms with van der Waals surface area (Å²) in [4.78, 5) is 27.6. The molecule has 0 saturated carbocycles. The number of fused-ring (bicyclic) bond motifs is 1. The molecule has 0 aromatic heterocycles. The maximum atomic E-state index is 12.5. The van der Waals surface area contributed by atoms with Gasteiger partial charge >= 0.3 is 5.97 Å². The van der Waals surface area contributed by atoms with Crippen molar-refractivity contribution in [3.63, 3.8) is 0 Å². The number of rotatable bonds is 3. The number of ether oxygens (including phenoxy) is 1. The molecule has 29 heavy (non-hydrogen) atoms. The molecule has 7 nitrogen and oxygen atoms in total. The number of nitrogens with one attached hydrogen (secondary N) is 1. The highest BCUT2D eigenvalue weighted by molar-refractivity contribution is 8.27. The summed E-state index contributed by atoms with van der Waals surface area (Å²) >= 11 is 7.42. The van der Waals surface area contributed by atoms with Crippen LogP contribution >= 0.6 is 23.4 Å². The third-order valence-electron chi connectivity index (χ3n) is 4.01. The number of amidine groups is 2. The van der Waals surface area contributed by atoms with Crippen LogP contribution in [0, 0.1) is 5.41 Å². The molecular formula is C20H13ClN4O3S. The van der Waals surface area contributed by atoms with Crippen molar-refractivity contribution >= 4 is 57.4 Å². The third-order valence-corrected chi connectivity index (χ3v) is 5.28. The Morgan fingerprint density at radius 1 is 1.21 bits per heavy atom. The number of carbonyl (C=O) groups is 2. The van der Waals surface area contributed by atoms with E-state index in [1.807, 2.05) is 18.2 Å². The van der Waals surface area contributed by atoms with Gasteiger partial charge in [0.2, 0.25) is 5.17 Å². The zero-order chi connectivity index (χ0) is 20.5. The molecule has 1 amide bonds. The molecular weight excluding hydrogens is 412 g/mol. The minimum Gasteiger partial charge on any atom is -0.427 e. The van der Waals surface area contributed by atoms with Gasteiger partial charge in [0.05, 0.1) is 10.6 Å². The normalized spacial score (nSPS) is 17.2. The summed E-state index contributed by atoms with van der Waals surface area (Å²) in [5, 5.41) is 15.6. The maximum absolute atomic E-state index is 12.5. The van der Waals surface area contributed by atoms with Gasteiger partial charge in [-0.15, -0.1) is 0 Å². The first-order valence-corrected chi connectivity index (χ1v) is 9.65. The van der Waals surface area contributed by atoms with Crippen LogP contribution in [0.15, 0.2) is 64.2 Å². The highest BCUT2D eigenvalue weighted by atomic mass is 35.5. The molecule has 9 heteroatoms. The van der Waals surface area contributed by atoms with Crippen molar-refractivity contribution in [3.05, 3.63) is 70.3 Å². The number of aliphatic imine (C=N–C) groups is 1. The Morgan fingerprint density at radius 3 is 2.62 bits per heavy atom. The summed E-state index contributed by atoms with van der Waals surface area (Å²) in [6.45, 7) is 1.32. The van der Waals surface area contributed by atoms with Crippen molar-refractivity contribution in [1.82, 2.24) is 5.01 Å². The van der Waals surface area contributed by atoms with Crippen LogP contribution in [0.3, 0.4) is 0 Å². The lowest BCUT2D eigenvalue weighted by Gasteiger charge is -2.20. The highest BCUT2D eigenvalue weighted by Crippen LogP contribution is 2.33. The van der Waals surface area contributed by atoms with Gasteiger partial charge in [-0.25, -0.2) is 0 Å². The van der Waals surface area contributed by atoms with E-state index in [2.05, 4.69) is 10.1 Å². The molecule has 2 aromatic rings. The molecule has 0 bridgehead atoms. The number of hydrogen-bond donors (Lipinski definition) is 1. The summed E-state index contributed by atoms with van der Waals surface area (Å²) in [5.41, 5.74) is 1.48. The van der Waals surface area contributed by atoms with E-state index >= 15 is 0 Å². The predicted molar refractivity (Wildman–Crippen MR) is 113 cm³/mol. The first-order chi connectivity index (χ1) is 13.9. The standard InChI is InChI=1S/C20H13ClN4O3S/c1-11(26)28-13-8-6-12(7-9-13)10-15-17(22)25-20(23-18(15)27)29-19(24-25)14-4-2-3-5-16(14)21/h2-10,22H,1H3/b15-10-,22-17?. The Kier molecular flexibility index (Phi) is 5.04. The Bertz CT molecular complexity index is 1140. The largest absolute Gasteiger partial charge is 0.427 e. The van der Waals surface area contributed by atoms with Crippen LogP contribution in [-0.2, 0) is 9.59 Å². The average molecular weight is 425 g/mol. The lowest BCUT2D eigenvalue weighted by Crippen LogP contribution is -2.35. The predicted octanol–water partition coefficient (Wildman–Crippen LogP) is 3.93. The first-order valence-electron chi connectivity index (χ1n) is 8.46. The summed E-state index contributed by atoms with van der Waals surface area (Å²) < 4.78 is 4.99. The SMILES string of the molecule is CC(=O)Oc1ccc(/C=C2/C(=N)N3N=C(c4ccccc4Cl)SC3=NC2=O)cc1. The van der Waals surface area contributed by atoms with Gasteiger partial charge in [-0.05, 0) is 41.6 Å². The fourth-order valence-corrected chi connectivity index (χ4v) is 3.91. The Labute approximate surface area is 175 Å². The topological polar surface area (TPSA) is 95.2 Å². The number of nitrogens with zero attached hydrogens (tertiary/aromatic N) is 3. The van der Waals surface area contributed by atoms with Gasteiger partial charge in [0.15, 0.2) is 5.84 Å². The molecule has 4 rings (SSSR count). The van der Waals surface area contributed by atoms with Crippen LogP contribution in [0.4, 0.5) is 0 Å². The molecule has 0 radical (unpaired) electrons. The van der Waals surface area contributed by atoms with Crippen LogP contribution in [-0.4, -0.2) is 32.9 Å². The van der Waals surface area contributed by atoms with E-state index < -0.39 is 11.9 Å². The fourth-order valence-electron chi connectivity index (χ4n) is 2.70. The molecule has 0 fully saturated rings. The van der Waals surface area contributed by atoms with Gasteiger partial charge in [0, 0.05) is 12.5 Å². The average Bonchev–Trinajstić information content (AvgIpc) is 3.10. The molecule has 2 aliphatic heterocycles. The van der Waals surface area contributed by atoms with Crippen molar-refractivity contribution < 1.29 is 14.3 Å². The second-order valence-corrected chi connectivity index (χ2v) is 7.43. The van der Waals surface area contributed by atoms with Crippen LogP contribution in [0.5, 0.6) is 5.75 Å². The molecule has 1 N–H and O–H groups in total. The van der Waals surface area contributed by atoms with Gasteiger partial charge in [-0.3, -0.25) is 15.0 Å². The lowest BCUT2D eigenvalue weighted by molar-refractivity contribution is -0.131. The molecule has 0 atom stereocenters. The van der Waals surface area contributed by atoms with E-state index in [4.69, 9.17) is 21.7 Å². The van der Waals surface area contributed by atoms with Gasteiger partial charge in [0.25, 0.3) is 5.91 Å². The third kappa shape index (κ3) is 3.85. The number of hydrogen-bond acceptors (Lipinski definition) is 6. The van der Waals surface area contributed by atoms with Crippen molar-refractivity contribution in [2.24, 2.45) is 10.1 Å². The van der Waals surface area contributed by atoms with Gasteiger partial charge < -0.3 is 4.74 Å². The van der Waals surface area contributed by atoms with E-state index in [0.29, 0.717) is 32.1 Å². The van der Waals surface area contributed by atoms with Crippen LogP contribution in [0.1, 0.15) is 18.1 Å². The number of hydrazone groups is 1. The monoisotopic (exact) mass is 424 g/mol. The summed E-state index contributed by atoms with van der Waals surface area (Å²) in [6.07, 6.45) is 1.55. The molecule has 0 saturated heterocycles.